The molecule has 2 rings (SSSR count). The van der Waals surface area contributed by atoms with Crippen molar-refractivity contribution in [3.05, 3.63) is 43.2 Å². The number of hydrogen-bond acceptors (Lipinski definition) is 3. The first kappa shape index (κ1) is 14.3. The van der Waals surface area contributed by atoms with Crippen LogP contribution < -0.4 is 5.32 Å². The summed E-state index contributed by atoms with van der Waals surface area (Å²) in [4.78, 5) is 2.88. The smallest absolute Gasteiger partial charge is 0.0701 e. The highest BCUT2D eigenvalue weighted by Crippen LogP contribution is 2.26. The Morgan fingerprint density at radius 2 is 2.11 bits per heavy atom. The van der Waals surface area contributed by atoms with E-state index in [-0.39, 0.29) is 0 Å². The van der Waals surface area contributed by atoms with Crippen molar-refractivity contribution in [2.45, 2.75) is 26.3 Å². The molecule has 1 N–H and O–H groups in total. The van der Waals surface area contributed by atoms with E-state index in [0.29, 0.717) is 12.0 Å². The second-order valence-corrected chi connectivity index (χ2v) is 8.17. The highest BCUT2D eigenvalue weighted by atomic mass is 79.9. The van der Waals surface area contributed by atoms with Gasteiger partial charge in [-0.2, -0.15) is 0 Å². The van der Waals surface area contributed by atoms with E-state index < -0.39 is 0 Å². The summed E-state index contributed by atoms with van der Waals surface area (Å²) in [7, 11) is 0. The minimum atomic E-state index is 0.480. The van der Waals surface area contributed by atoms with E-state index in [4.69, 9.17) is 0 Å². The molecule has 2 heterocycles. The van der Waals surface area contributed by atoms with Crippen LogP contribution in [0.25, 0.3) is 0 Å². The Balaban J connectivity index is 1.87. The molecule has 0 aromatic carbocycles. The van der Waals surface area contributed by atoms with Gasteiger partial charge in [-0.05, 0) is 51.8 Å². The summed E-state index contributed by atoms with van der Waals surface area (Å²) in [5.74, 6) is 0.624. The van der Waals surface area contributed by atoms with Gasteiger partial charge in [-0.15, -0.1) is 22.7 Å². The molecule has 4 heteroatoms. The molecule has 2 aromatic heterocycles. The lowest BCUT2D eigenvalue weighted by molar-refractivity contribution is 0.421. The maximum Gasteiger partial charge on any atom is 0.0701 e. The number of hydrogen-bond donors (Lipinski definition) is 1. The van der Waals surface area contributed by atoms with Crippen LogP contribution in [-0.4, -0.2) is 6.54 Å². The van der Waals surface area contributed by atoms with Crippen LogP contribution in [0.15, 0.2) is 33.4 Å². The van der Waals surface area contributed by atoms with Crippen molar-refractivity contribution in [1.29, 1.82) is 0 Å². The van der Waals surface area contributed by atoms with Crippen molar-refractivity contribution in [2.75, 3.05) is 6.54 Å². The summed E-state index contributed by atoms with van der Waals surface area (Å²) in [6.07, 6.45) is 1.10. The molecule has 1 atom stereocenters. The van der Waals surface area contributed by atoms with Gasteiger partial charge in [0.1, 0.15) is 0 Å². The predicted molar refractivity (Wildman–Crippen MR) is 85.6 cm³/mol. The van der Waals surface area contributed by atoms with Crippen molar-refractivity contribution in [3.8, 4) is 0 Å². The third-order valence-corrected chi connectivity index (χ3v) is 5.52. The van der Waals surface area contributed by atoms with Crippen LogP contribution in [0.2, 0.25) is 0 Å². The van der Waals surface area contributed by atoms with E-state index >= 15 is 0 Å². The summed E-state index contributed by atoms with van der Waals surface area (Å²) in [5, 5.41) is 5.84. The summed E-state index contributed by atoms with van der Waals surface area (Å²) in [6, 6.07) is 9.16. The molecule has 0 fully saturated rings. The average Bonchev–Trinajstić information content (AvgIpc) is 2.95. The van der Waals surface area contributed by atoms with Gasteiger partial charge in [0.05, 0.1) is 3.79 Å². The number of thiophene rings is 2. The van der Waals surface area contributed by atoms with Gasteiger partial charge < -0.3 is 5.32 Å². The fraction of sp³-hybridized carbons (Fsp3) is 0.429. The molecular formula is C14H18BrNS2. The lowest BCUT2D eigenvalue weighted by Gasteiger charge is -2.21. The van der Waals surface area contributed by atoms with E-state index in [0.717, 1.165) is 13.0 Å². The van der Waals surface area contributed by atoms with Gasteiger partial charge in [-0.1, -0.05) is 19.9 Å². The van der Waals surface area contributed by atoms with Gasteiger partial charge >= 0.3 is 0 Å². The van der Waals surface area contributed by atoms with E-state index in [2.05, 4.69) is 64.7 Å². The van der Waals surface area contributed by atoms with Gasteiger partial charge in [0.25, 0.3) is 0 Å². The first-order chi connectivity index (χ1) is 8.66. The van der Waals surface area contributed by atoms with Crippen molar-refractivity contribution in [2.24, 2.45) is 5.92 Å². The van der Waals surface area contributed by atoms with Crippen LogP contribution in [0.5, 0.6) is 0 Å². The minimum Gasteiger partial charge on any atom is -0.309 e. The van der Waals surface area contributed by atoms with Gasteiger partial charge in [-0.25, -0.2) is 0 Å². The third kappa shape index (κ3) is 3.92. The van der Waals surface area contributed by atoms with Crippen molar-refractivity contribution in [1.82, 2.24) is 5.32 Å². The van der Waals surface area contributed by atoms with Gasteiger partial charge in [-0.3, -0.25) is 0 Å². The SMILES string of the molecule is CC(C)C(NCCc1ccc(Br)s1)c1cccs1. The molecule has 0 saturated carbocycles. The highest BCUT2D eigenvalue weighted by Gasteiger charge is 2.15. The lowest BCUT2D eigenvalue weighted by atomic mass is 10.0. The van der Waals surface area contributed by atoms with E-state index in [9.17, 15) is 0 Å². The largest absolute Gasteiger partial charge is 0.309 e. The summed E-state index contributed by atoms with van der Waals surface area (Å²) < 4.78 is 1.22. The first-order valence-electron chi connectivity index (χ1n) is 6.18. The maximum atomic E-state index is 3.68. The molecule has 0 spiro atoms. The Bertz CT molecular complexity index is 462. The molecule has 0 bridgehead atoms. The molecule has 1 nitrogen and oxygen atoms in total. The molecule has 0 aliphatic rings. The van der Waals surface area contributed by atoms with Crippen LogP contribution >= 0.6 is 38.6 Å². The van der Waals surface area contributed by atoms with E-state index in [1.165, 1.54) is 13.5 Å². The summed E-state index contributed by atoms with van der Waals surface area (Å²) >= 11 is 7.17. The molecule has 2 aromatic rings. The Morgan fingerprint density at radius 3 is 2.67 bits per heavy atom. The number of halogens is 1. The fourth-order valence-electron chi connectivity index (χ4n) is 1.97. The topological polar surface area (TPSA) is 12.0 Å². The fourth-order valence-corrected chi connectivity index (χ4v) is 4.43. The second kappa shape index (κ2) is 6.85. The van der Waals surface area contributed by atoms with Crippen molar-refractivity contribution < 1.29 is 0 Å². The molecule has 0 aliphatic carbocycles. The molecule has 18 heavy (non-hydrogen) atoms. The van der Waals surface area contributed by atoms with E-state index in [1.807, 2.05) is 22.7 Å². The monoisotopic (exact) mass is 343 g/mol. The Hall–Kier alpha value is -0.160. The molecule has 0 saturated heterocycles. The molecule has 0 amide bonds. The Morgan fingerprint density at radius 1 is 1.28 bits per heavy atom. The maximum absolute atomic E-state index is 3.68. The molecule has 0 radical (unpaired) electrons. The molecular weight excluding hydrogens is 326 g/mol. The predicted octanol–water partition coefficient (Wildman–Crippen LogP) is 5.10. The van der Waals surface area contributed by atoms with E-state index in [1.54, 1.807) is 0 Å². The van der Waals surface area contributed by atoms with Crippen LogP contribution in [0, 0.1) is 5.92 Å². The van der Waals surface area contributed by atoms with Crippen LogP contribution in [0.4, 0.5) is 0 Å². The average molecular weight is 344 g/mol. The molecule has 98 valence electrons. The zero-order valence-corrected chi connectivity index (χ0v) is 13.9. The van der Waals surface area contributed by atoms with Gasteiger partial charge in [0.2, 0.25) is 0 Å². The summed E-state index contributed by atoms with van der Waals surface area (Å²) in [6.45, 7) is 5.59. The van der Waals surface area contributed by atoms with Crippen LogP contribution in [-0.2, 0) is 6.42 Å². The summed E-state index contributed by atoms with van der Waals surface area (Å²) in [5.41, 5.74) is 0. The number of rotatable bonds is 6. The first-order valence-corrected chi connectivity index (χ1v) is 8.66. The number of nitrogens with one attached hydrogen (secondary N) is 1. The van der Waals surface area contributed by atoms with Crippen molar-refractivity contribution in [3.63, 3.8) is 0 Å². The lowest BCUT2D eigenvalue weighted by Crippen LogP contribution is -2.26. The molecule has 0 aliphatic heterocycles. The zero-order chi connectivity index (χ0) is 13.0. The Kier molecular flexibility index (Phi) is 5.42. The van der Waals surface area contributed by atoms with Gasteiger partial charge in [0, 0.05) is 22.3 Å². The van der Waals surface area contributed by atoms with Crippen molar-refractivity contribution >= 4 is 38.6 Å². The van der Waals surface area contributed by atoms with Gasteiger partial charge in [0.15, 0.2) is 0 Å². The molecule has 1 unspecified atom stereocenters. The third-order valence-electron chi connectivity index (χ3n) is 2.88. The zero-order valence-electron chi connectivity index (χ0n) is 10.7. The second-order valence-electron chi connectivity index (χ2n) is 4.65. The standard InChI is InChI=1S/C14H18BrNS2/c1-10(2)14(12-4-3-9-17-12)16-8-7-11-5-6-13(15)18-11/h3-6,9-10,14,16H,7-8H2,1-2H3. The minimum absolute atomic E-state index is 0.480. The van der Waals surface area contributed by atoms with Crippen LogP contribution in [0.1, 0.15) is 29.6 Å². The highest BCUT2D eigenvalue weighted by molar-refractivity contribution is 9.11. The Labute approximate surface area is 125 Å². The normalized spacial score (nSPS) is 13.1. The quantitative estimate of drug-likeness (QED) is 0.769. The van der Waals surface area contributed by atoms with Crippen LogP contribution in [0.3, 0.4) is 0 Å².